The fourth-order valence-corrected chi connectivity index (χ4v) is 3.15. The van der Waals surface area contributed by atoms with E-state index in [4.69, 9.17) is 11.6 Å². The van der Waals surface area contributed by atoms with Gasteiger partial charge in [0.25, 0.3) is 0 Å². The van der Waals surface area contributed by atoms with Crippen LogP contribution in [0.2, 0.25) is 5.02 Å². The van der Waals surface area contributed by atoms with Crippen molar-refractivity contribution in [3.8, 4) is 0 Å². The van der Waals surface area contributed by atoms with Crippen LogP contribution in [-0.2, 0) is 6.54 Å². The molecular weight excluding hydrogens is 282 g/mol. The number of aromatic nitrogens is 2. The Balaban J connectivity index is 1.81. The molecule has 1 unspecified atom stereocenters. The van der Waals surface area contributed by atoms with Gasteiger partial charge in [-0.3, -0.25) is 0 Å². The molecule has 3 rings (SSSR count). The lowest BCUT2D eigenvalue weighted by Gasteiger charge is -2.21. The monoisotopic (exact) mass is 303 g/mol. The first-order valence-electron chi connectivity index (χ1n) is 7.65. The van der Waals surface area contributed by atoms with Gasteiger partial charge in [0, 0.05) is 17.6 Å². The molecule has 1 aromatic heterocycles. The van der Waals surface area contributed by atoms with E-state index in [1.54, 1.807) is 0 Å². The Morgan fingerprint density at radius 3 is 3.10 bits per heavy atom. The van der Waals surface area contributed by atoms with Gasteiger partial charge < -0.3 is 9.88 Å². The predicted molar refractivity (Wildman–Crippen MR) is 88.9 cm³/mol. The van der Waals surface area contributed by atoms with Crippen LogP contribution in [0.1, 0.15) is 31.7 Å². The number of benzene rings is 1. The van der Waals surface area contributed by atoms with E-state index in [0.29, 0.717) is 6.04 Å². The summed E-state index contributed by atoms with van der Waals surface area (Å²) < 4.78 is 2.18. The van der Waals surface area contributed by atoms with Crippen molar-refractivity contribution in [3.05, 3.63) is 40.7 Å². The number of imidazole rings is 1. The molecule has 2 heterocycles. The maximum absolute atomic E-state index is 6.24. The van der Waals surface area contributed by atoms with E-state index in [-0.39, 0.29) is 0 Å². The zero-order chi connectivity index (χ0) is 14.8. The molecule has 1 aliphatic rings. The van der Waals surface area contributed by atoms with Crippen LogP contribution in [0.25, 0.3) is 11.0 Å². The van der Waals surface area contributed by atoms with Crippen LogP contribution in [0, 0.1) is 6.92 Å². The van der Waals surface area contributed by atoms with Crippen LogP contribution in [0.4, 0.5) is 0 Å². The number of aryl methyl sites for hydroxylation is 1. The van der Waals surface area contributed by atoms with E-state index in [0.717, 1.165) is 34.7 Å². The van der Waals surface area contributed by atoms with Gasteiger partial charge >= 0.3 is 0 Å². The fraction of sp³-hybridized carbons (Fsp3) is 0.471. The smallest absolute Gasteiger partial charge is 0.0961 e. The van der Waals surface area contributed by atoms with Crippen LogP contribution in [0.15, 0.2) is 30.1 Å². The Morgan fingerprint density at radius 2 is 2.33 bits per heavy atom. The molecule has 3 nitrogen and oxygen atoms in total. The third-order valence-electron chi connectivity index (χ3n) is 4.16. The lowest BCUT2D eigenvalue weighted by atomic mass is 10.0. The molecule has 1 aromatic carbocycles. The van der Waals surface area contributed by atoms with Gasteiger partial charge in [-0.05, 0) is 50.9 Å². The fourth-order valence-electron chi connectivity index (χ4n) is 3.00. The Kier molecular flexibility index (Phi) is 4.32. The van der Waals surface area contributed by atoms with Crippen molar-refractivity contribution < 1.29 is 0 Å². The van der Waals surface area contributed by atoms with Gasteiger partial charge in [-0.15, -0.1) is 0 Å². The molecule has 0 saturated carbocycles. The Morgan fingerprint density at radius 1 is 1.48 bits per heavy atom. The minimum atomic E-state index is 0.527. The molecule has 1 aliphatic heterocycles. The number of hydrogen-bond donors (Lipinski definition) is 1. The largest absolute Gasteiger partial charge is 0.326 e. The average molecular weight is 304 g/mol. The molecule has 1 N–H and O–H groups in total. The van der Waals surface area contributed by atoms with E-state index in [9.17, 15) is 0 Å². The maximum Gasteiger partial charge on any atom is 0.0961 e. The SMILES string of the molecule is CC(=CC1CCCCN1)Cn1cnc2cc(C)c(Cl)cc21. The highest BCUT2D eigenvalue weighted by atomic mass is 35.5. The number of nitrogens with one attached hydrogen (secondary N) is 1. The van der Waals surface area contributed by atoms with E-state index in [1.807, 2.05) is 19.3 Å². The summed E-state index contributed by atoms with van der Waals surface area (Å²) in [6.45, 7) is 6.21. The van der Waals surface area contributed by atoms with Gasteiger partial charge in [-0.1, -0.05) is 29.7 Å². The average Bonchev–Trinajstić information content (AvgIpc) is 2.83. The summed E-state index contributed by atoms with van der Waals surface area (Å²) in [6.07, 6.45) is 8.14. The molecule has 1 atom stereocenters. The summed E-state index contributed by atoms with van der Waals surface area (Å²) in [7, 11) is 0. The van der Waals surface area contributed by atoms with E-state index < -0.39 is 0 Å². The molecule has 4 heteroatoms. The van der Waals surface area contributed by atoms with Crippen molar-refractivity contribution in [1.82, 2.24) is 14.9 Å². The zero-order valence-electron chi connectivity index (χ0n) is 12.7. The normalized spacial score (nSPS) is 20.1. The van der Waals surface area contributed by atoms with Crippen molar-refractivity contribution >= 4 is 22.6 Å². The molecule has 21 heavy (non-hydrogen) atoms. The second kappa shape index (κ2) is 6.20. The number of nitrogens with zero attached hydrogens (tertiary/aromatic N) is 2. The highest BCUT2D eigenvalue weighted by molar-refractivity contribution is 6.32. The van der Waals surface area contributed by atoms with Crippen LogP contribution in [0.3, 0.4) is 0 Å². The van der Waals surface area contributed by atoms with Crippen LogP contribution >= 0.6 is 11.6 Å². The highest BCUT2D eigenvalue weighted by Gasteiger charge is 2.11. The quantitative estimate of drug-likeness (QED) is 0.866. The molecule has 2 aromatic rings. The van der Waals surface area contributed by atoms with Crippen molar-refractivity contribution in [1.29, 1.82) is 0 Å². The van der Waals surface area contributed by atoms with Crippen LogP contribution in [0.5, 0.6) is 0 Å². The van der Waals surface area contributed by atoms with Crippen molar-refractivity contribution in [2.24, 2.45) is 0 Å². The summed E-state index contributed by atoms with van der Waals surface area (Å²) >= 11 is 6.24. The van der Waals surface area contributed by atoms with Crippen molar-refractivity contribution in [2.45, 2.75) is 45.7 Å². The topological polar surface area (TPSA) is 29.9 Å². The predicted octanol–water partition coefficient (Wildman–Crippen LogP) is 4.09. The molecule has 1 fully saturated rings. The lowest BCUT2D eigenvalue weighted by Crippen LogP contribution is -2.32. The van der Waals surface area contributed by atoms with E-state index in [1.165, 1.54) is 24.8 Å². The second-order valence-corrected chi connectivity index (χ2v) is 6.44. The molecule has 0 spiro atoms. The minimum Gasteiger partial charge on any atom is -0.326 e. The Bertz CT molecular complexity index is 666. The first-order valence-corrected chi connectivity index (χ1v) is 8.03. The summed E-state index contributed by atoms with van der Waals surface area (Å²) in [6, 6.07) is 4.60. The third-order valence-corrected chi connectivity index (χ3v) is 4.56. The lowest BCUT2D eigenvalue weighted by molar-refractivity contribution is 0.452. The van der Waals surface area contributed by atoms with E-state index in [2.05, 4.69) is 33.9 Å². The van der Waals surface area contributed by atoms with Gasteiger partial charge in [-0.2, -0.15) is 0 Å². The first-order chi connectivity index (χ1) is 10.1. The summed E-state index contributed by atoms with van der Waals surface area (Å²) in [4.78, 5) is 4.48. The second-order valence-electron chi connectivity index (χ2n) is 6.03. The Labute approximate surface area is 131 Å². The molecule has 112 valence electrons. The third kappa shape index (κ3) is 3.30. The van der Waals surface area contributed by atoms with Gasteiger partial charge in [-0.25, -0.2) is 4.98 Å². The van der Waals surface area contributed by atoms with Crippen molar-refractivity contribution in [3.63, 3.8) is 0 Å². The molecule has 0 aliphatic carbocycles. The summed E-state index contributed by atoms with van der Waals surface area (Å²) in [5.41, 5.74) is 4.56. The van der Waals surface area contributed by atoms with E-state index >= 15 is 0 Å². The number of rotatable bonds is 3. The maximum atomic E-state index is 6.24. The van der Waals surface area contributed by atoms with Gasteiger partial charge in [0.2, 0.25) is 0 Å². The molecular formula is C17H22ClN3. The first kappa shape index (κ1) is 14.6. The van der Waals surface area contributed by atoms with Crippen LogP contribution < -0.4 is 5.32 Å². The molecule has 0 amide bonds. The number of piperidine rings is 1. The summed E-state index contributed by atoms with van der Waals surface area (Å²) in [5, 5.41) is 4.37. The number of fused-ring (bicyclic) bond motifs is 1. The zero-order valence-corrected chi connectivity index (χ0v) is 13.5. The van der Waals surface area contributed by atoms with Gasteiger partial charge in [0.05, 0.1) is 17.4 Å². The van der Waals surface area contributed by atoms with Crippen LogP contribution in [-0.4, -0.2) is 22.1 Å². The molecule has 0 radical (unpaired) electrons. The number of hydrogen-bond acceptors (Lipinski definition) is 2. The minimum absolute atomic E-state index is 0.527. The standard InChI is InChI=1S/C17H22ClN3/c1-12(7-14-5-3-4-6-19-14)10-21-11-20-16-8-13(2)15(18)9-17(16)21/h7-9,11,14,19H,3-6,10H2,1-2H3. The van der Waals surface area contributed by atoms with Gasteiger partial charge in [0.15, 0.2) is 0 Å². The number of allylic oxidation sites excluding steroid dienone is 1. The molecule has 1 saturated heterocycles. The number of halogens is 1. The highest BCUT2D eigenvalue weighted by Crippen LogP contribution is 2.23. The summed E-state index contributed by atoms with van der Waals surface area (Å²) in [5.74, 6) is 0. The van der Waals surface area contributed by atoms with Gasteiger partial charge in [0.1, 0.15) is 0 Å². The van der Waals surface area contributed by atoms with Crippen molar-refractivity contribution in [2.75, 3.05) is 6.54 Å². The Hall–Kier alpha value is -1.32. The molecule has 0 bridgehead atoms.